The molecular formula is C14H18BrF3. The molecule has 1 aromatic rings. The zero-order chi connectivity index (χ0) is 14.4. The third kappa shape index (κ3) is 3.08. The molecule has 0 atom stereocenters. The Morgan fingerprint density at radius 2 is 1.28 bits per heavy atom. The van der Waals surface area contributed by atoms with Gasteiger partial charge in [0.25, 0.3) is 0 Å². The molecule has 0 aliphatic rings. The van der Waals surface area contributed by atoms with E-state index >= 15 is 0 Å². The summed E-state index contributed by atoms with van der Waals surface area (Å²) in [5, 5.41) is 0. The summed E-state index contributed by atoms with van der Waals surface area (Å²) in [7, 11) is 0. The molecule has 18 heavy (non-hydrogen) atoms. The van der Waals surface area contributed by atoms with Crippen LogP contribution >= 0.6 is 15.9 Å². The largest absolute Gasteiger partial charge is 0.397 e. The summed E-state index contributed by atoms with van der Waals surface area (Å²) >= 11 is 3.30. The van der Waals surface area contributed by atoms with Crippen LogP contribution < -0.4 is 0 Å². The lowest BCUT2D eigenvalue weighted by molar-refractivity contribution is -0.180. The summed E-state index contributed by atoms with van der Waals surface area (Å²) in [4.78, 5) is 0. The van der Waals surface area contributed by atoms with Gasteiger partial charge in [-0.25, -0.2) is 0 Å². The van der Waals surface area contributed by atoms with Crippen molar-refractivity contribution in [3.8, 4) is 0 Å². The maximum Gasteiger partial charge on any atom is 0.397 e. The van der Waals surface area contributed by atoms with E-state index in [-0.39, 0.29) is 11.0 Å². The van der Waals surface area contributed by atoms with Crippen LogP contribution in [0.3, 0.4) is 0 Å². The minimum absolute atomic E-state index is 0.180. The molecule has 0 N–H and O–H groups in total. The second-order valence-corrected chi connectivity index (χ2v) is 7.02. The third-order valence-corrected chi connectivity index (χ3v) is 3.65. The summed E-state index contributed by atoms with van der Waals surface area (Å²) in [6, 6.07) is 5.07. The average Bonchev–Trinajstić information content (AvgIpc) is 2.13. The van der Waals surface area contributed by atoms with E-state index < -0.39 is 11.6 Å². The lowest BCUT2D eigenvalue weighted by atomic mass is 9.79. The molecule has 0 fully saturated rings. The van der Waals surface area contributed by atoms with Crippen LogP contribution in [0.2, 0.25) is 0 Å². The van der Waals surface area contributed by atoms with Crippen molar-refractivity contribution in [2.75, 3.05) is 0 Å². The van der Waals surface area contributed by atoms with E-state index in [1.807, 2.05) is 26.8 Å². The molecule has 0 radical (unpaired) electrons. The first-order valence-corrected chi connectivity index (χ1v) is 6.53. The van der Waals surface area contributed by atoms with E-state index in [0.717, 1.165) is 5.56 Å². The van der Waals surface area contributed by atoms with Crippen LogP contribution in [0, 0.1) is 0 Å². The van der Waals surface area contributed by atoms with Gasteiger partial charge in [0, 0.05) is 4.47 Å². The van der Waals surface area contributed by atoms with E-state index in [0.29, 0.717) is 4.47 Å². The van der Waals surface area contributed by atoms with E-state index in [1.165, 1.54) is 13.8 Å². The highest BCUT2D eigenvalue weighted by Crippen LogP contribution is 2.42. The van der Waals surface area contributed by atoms with Crippen LogP contribution in [0.4, 0.5) is 13.2 Å². The zero-order valence-electron chi connectivity index (χ0n) is 11.2. The fraction of sp³-hybridized carbons (Fsp3) is 0.571. The SMILES string of the molecule is CC(C)(C)c1cc(Br)cc(C(C)(C)C(F)(F)F)c1. The van der Waals surface area contributed by atoms with Crippen LogP contribution in [0.5, 0.6) is 0 Å². The fourth-order valence-corrected chi connectivity index (χ4v) is 2.04. The predicted molar refractivity (Wildman–Crippen MR) is 71.9 cm³/mol. The van der Waals surface area contributed by atoms with Crippen LogP contribution in [-0.2, 0) is 10.8 Å². The highest BCUT2D eigenvalue weighted by Gasteiger charge is 2.48. The number of alkyl halides is 3. The number of hydrogen-bond acceptors (Lipinski definition) is 0. The normalized spacial score (nSPS) is 13.8. The molecule has 0 spiro atoms. The Balaban J connectivity index is 3.40. The maximum absolute atomic E-state index is 13.1. The molecule has 0 aromatic heterocycles. The molecule has 0 amide bonds. The first kappa shape index (κ1) is 15.5. The fourth-order valence-electron chi connectivity index (χ4n) is 1.55. The molecule has 0 bridgehead atoms. The summed E-state index contributed by atoms with van der Waals surface area (Å²) < 4.78 is 39.9. The first-order valence-electron chi connectivity index (χ1n) is 5.74. The maximum atomic E-state index is 13.1. The predicted octanol–water partition coefficient (Wildman–Crippen LogP) is 5.59. The summed E-state index contributed by atoms with van der Waals surface area (Å²) in [5.41, 5.74) is -0.852. The van der Waals surface area contributed by atoms with Crippen molar-refractivity contribution in [1.82, 2.24) is 0 Å². The van der Waals surface area contributed by atoms with Gasteiger partial charge in [-0.15, -0.1) is 0 Å². The van der Waals surface area contributed by atoms with E-state index in [4.69, 9.17) is 0 Å². The van der Waals surface area contributed by atoms with E-state index in [9.17, 15) is 13.2 Å². The van der Waals surface area contributed by atoms with Crippen molar-refractivity contribution in [2.24, 2.45) is 0 Å². The van der Waals surface area contributed by atoms with Gasteiger partial charge in [0.1, 0.15) is 0 Å². The molecule has 0 aliphatic carbocycles. The van der Waals surface area contributed by atoms with Gasteiger partial charge in [0.15, 0.2) is 0 Å². The van der Waals surface area contributed by atoms with Crippen LogP contribution in [-0.4, -0.2) is 6.18 Å². The first-order chi connectivity index (χ1) is 7.85. The molecule has 0 heterocycles. The van der Waals surface area contributed by atoms with Crippen molar-refractivity contribution < 1.29 is 13.2 Å². The van der Waals surface area contributed by atoms with Gasteiger partial charge in [-0.2, -0.15) is 13.2 Å². The average molecular weight is 323 g/mol. The molecule has 0 saturated carbocycles. The number of rotatable bonds is 1. The second kappa shape index (κ2) is 4.55. The quantitative estimate of drug-likeness (QED) is 0.632. The Bertz CT molecular complexity index is 439. The minimum Gasteiger partial charge on any atom is -0.170 e. The van der Waals surface area contributed by atoms with Gasteiger partial charge in [-0.05, 0) is 42.5 Å². The number of halogens is 4. The van der Waals surface area contributed by atoms with Crippen molar-refractivity contribution in [1.29, 1.82) is 0 Å². The molecule has 102 valence electrons. The van der Waals surface area contributed by atoms with Crippen molar-refractivity contribution in [2.45, 2.75) is 51.6 Å². The Morgan fingerprint density at radius 1 is 0.833 bits per heavy atom. The molecule has 1 rings (SSSR count). The van der Waals surface area contributed by atoms with Gasteiger partial charge in [0.2, 0.25) is 0 Å². The topological polar surface area (TPSA) is 0 Å². The second-order valence-electron chi connectivity index (χ2n) is 6.10. The number of hydrogen-bond donors (Lipinski definition) is 0. The van der Waals surface area contributed by atoms with E-state index in [2.05, 4.69) is 15.9 Å². The molecule has 0 nitrogen and oxygen atoms in total. The number of benzene rings is 1. The summed E-state index contributed by atoms with van der Waals surface area (Å²) in [6.45, 7) is 8.37. The van der Waals surface area contributed by atoms with Crippen molar-refractivity contribution in [3.63, 3.8) is 0 Å². The van der Waals surface area contributed by atoms with Crippen LogP contribution in [0.25, 0.3) is 0 Å². The molecular weight excluding hydrogens is 305 g/mol. The molecule has 4 heteroatoms. The molecule has 1 aromatic carbocycles. The zero-order valence-corrected chi connectivity index (χ0v) is 12.8. The highest BCUT2D eigenvalue weighted by molar-refractivity contribution is 9.10. The standard InChI is InChI=1S/C14H18BrF3/c1-12(2,3)9-6-10(8-11(15)7-9)13(4,5)14(16,17)18/h6-8H,1-5H3. The van der Waals surface area contributed by atoms with Crippen LogP contribution in [0.15, 0.2) is 22.7 Å². The Kier molecular flexibility index (Phi) is 3.93. The summed E-state index contributed by atoms with van der Waals surface area (Å²) in [6.07, 6.45) is -4.26. The molecule has 0 saturated heterocycles. The Labute approximate surface area is 115 Å². The lowest BCUT2D eigenvalue weighted by Gasteiger charge is -2.30. The lowest BCUT2D eigenvalue weighted by Crippen LogP contribution is -2.36. The van der Waals surface area contributed by atoms with Gasteiger partial charge < -0.3 is 0 Å². The van der Waals surface area contributed by atoms with E-state index in [1.54, 1.807) is 12.1 Å². The third-order valence-electron chi connectivity index (χ3n) is 3.19. The monoisotopic (exact) mass is 322 g/mol. The molecule has 0 unspecified atom stereocenters. The van der Waals surface area contributed by atoms with Gasteiger partial charge >= 0.3 is 6.18 Å². The Morgan fingerprint density at radius 3 is 1.67 bits per heavy atom. The van der Waals surface area contributed by atoms with Gasteiger partial charge in [0.05, 0.1) is 5.41 Å². The van der Waals surface area contributed by atoms with Crippen molar-refractivity contribution in [3.05, 3.63) is 33.8 Å². The molecule has 0 aliphatic heterocycles. The Hall–Kier alpha value is -0.510. The minimum atomic E-state index is -4.26. The van der Waals surface area contributed by atoms with Gasteiger partial charge in [-0.3, -0.25) is 0 Å². The highest BCUT2D eigenvalue weighted by atomic mass is 79.9. The van der Waals surface area contributed by atoms with Crippen molar-refractivity contribution >= 4 is 15.9 Å². The van der Waals surface area contributed by atoms with Crippen LogP contribution in [0.1, 0.15) is 45.7 Å². The van der Waals surface area contributed by atoms with Gasteiger partial charge in [-0.1, -0.05) is 42.8 Å². The smallest absolute Gasteiger partial charge is 0.170 e. The summed E-state index contributed by atoms with van der Waals surface area (Å²) in [5.74, 6) is 0.